The lowest BCUT2D eigenvalue weighted by atomic mass is 10.1. The molecule has 0 atom stereocenters. The second-order valence-corrected chi connectivity index (χ2v) is 2.56. The van der Waals surface area contributed by atoms with E-state index >= 15 is 0 Å². The molecule has 7 heteroatoms. The number of rotatable bonds is 2. The molecule has 0 spiro atoms. The standard InChI is InChI=1S/C8H5F4NO2/c1-13-7-5(11)3(9)2(8(14)15)4(10)6(7)12/h13H,1H3,(H,14,15). The highest BCUT2D eigenvalue weighted by atomic mass is 19.2. The first-order valence-corrected chi connectivity index (χ1v) is 3.68. The highest BCUT2D eigenvalue weighted by Crippen LogP contribution is 2.27. The lowest BCUT2D eigenvalue weighted by Gasteiger charge is -2.08. The van der Waals surface area contributed by atoms with Crippen LogP contribution in [-0.2, 0) is 0 Å². The maximum Gasteiger partial charge on any atom is 0.341 e. The van der Waals surface area contributed by atoms with Gasteiger partial charge in [-0.05, 0) is 0 Å². The molecule has 1 aromatic carbocycles. The molecule has 2 N–H and O–H groups in total. The quantitative estimate of drug-likeness (QED) is 0.595. The highest BCUT2D eigenvalue weighted by Gasteiger charge is 2.28. The summed E-state index contributed by atoms with van der Waals surface area (Å²) in [5.41, 5.74) is -2.70. The van der Waals surface area contributed by atoms with Gasteiger partial charge in [0.25, 0.3) is 0 Å². The molecule has 1 aromatic rings. The molecule has 3 nitrogen and oxygen atoms in total. The van der Waals surface area contributed by atoms with Crippen LogP contribution in [0.4, 0.5) is 23.2 Å². The summed E-state index contributed by atoms with van der Waals surface area (Å²) in [6.07, 6.45) is 0. The van der Waals surface area contributed by atoms with Crippen LogP contribution in [0.25, 0.3) is 0 Å². The van der Waals surface area contributed by atoms with E-state index in [1.54, 1.807) is 0 Å². The number of anilines is 1. The fourth-order valence-electron chi connectivity index (χ4n) is 1.04. The van der Waals surface area contributed by atoms with Crippen LogP contribution in [0.15, 0.2) is 0 Å². The topological polar surface area (TPSA) is 49.3 Å². The largest absolute Gasteiger partial charge is 0.477 e. The third-order valence-electron chi connectivity index (χ3n) is 1.73. The molecule has 82 valence electrons. The lowest BCUT2D eigenvalue weighted by Crippen LogP contribution is -2.12. The van der Waals surface area contributed by atoms with Gasteiger partial charge in [0.05, 0.1) is 0 Å². The molecule has 0 aliphatic rings. The second-order valence-electron chi connectivity index (χ2n) is 2.56. The summed E-state index contributed by atoms with van der Waals surface area (Å²) in [5.74, 6) is -9.50. The SMILES string of the molecule is CNc1c(F)c(F)c(C(=O)O)c(F)c1F. The molecular formula is C8H5F4NO2. The Bertz CT molecular complexity index is 404. The smallest absolute Gasteiger partial charge is 0.341 e. The van der Waals surface area contributed by atoms with Crippen LogP contribution >= 0.6 is 0 Å². The Morgan fingerprint density at radius 3 is 1.73 bits per heavy atom. The van der Waals surface area contributed by atoms with E-state index in [0.717, 1.165) is 7.05 Å². The Labute approximate surface area is 81.3 Å². The minimum Gasteiger partial charge on any atom is -0.477 e. The van der Waals surface area contributed by atoms with Gasteiger partial charge in [-0.25, -0.2) is 22.4 Å². The van der Waals surface area contributed by atoms with E-state index in [2.05, 4.69) is 0 Å². The Morgan fingerprint density at radius 1 is 1.07 bits per heavy atom. The first-order chi connectivity index (χ1) is 6.91. The summed E-state index contributed by atoms with van der Waals surface area (Å²) < 4.78 is 51.8. The van der Waals surface area contributed by atoms with Crippen molar-refractivity contribution in [3.8, 4) is 0 Å². The molecule has 0 aliphatic heterocycles. The summed E-state index contributed by atoms with van der Waals surface area (Å²) >= 11 is 0. The number of benzene rings is 1. The number of nitrogens with one attached hydrogen (secondary N) is 1. The summed E-state index contributed by atoms with van der Waals surface area (Å²) in [4.78, 5) is 10.3. The maximum atomic E-state index is 13.0. The van der Waals surface area contributed by atoms with Crippen molar-refractivity contribution in [1.29, 1.82) is 0 Å². The van der Waals surface area contributed by atoms with Crippen LogP contribution in [0.2, 0.25) is 0 Å². The molecule has 0 aromatic heterocycles. The summed E-state index contributed by atoms with van der Waals surface area (Å²) in [5, 5.41) is 10.2. The van der Waals surface area contributed by atoms with Crippen LogP contribution in [0, 0.1) is 23.3 Å². The van der Waals surface area contributed by atoms with Crippen molar-refractivity contribution in [2.75, 3.05) is 12.4 Å². The number of hydrogen-bond donors (Lipinski definition) is 2. The van der Waals surface area contributed by atoms with E-state index in [-0.39, 0.29) is 0 Å². The number of carboxylic acids is 1. The van der Waals surface area contributed by atoms with Gasteiger partial charge in [0.15, 0.2) is 23.3 Å². The average molecular weight is 223 g/mol. The van der Waals surface area contributed by atoms with Crippen molar-refractivity contribution >= 4 is 11.7 Å². The minimum absolute atomic E-state index is 1.04. The predicted molar refractivity (Wildman–Crippen MR) is 42.8 cm³/mol. The van der Waals surface area contributed by atoms with E-state index in [0.29, 0.717) is 0 Å². The van der Waals surface area contributed by atoms with Crippen molar-refractivity contribution in [2.24, 2.45) is 0 Å². The second kappa shape index (κ2) is 3.76. The number of aromatic carboxylic acids is 1. The maximum absolute atomic E-state index is 13.0. The molecule has 0 heterocycles. The van der Waals surface area contributed by atoms with Crippen LogP contribution in [0.3, 0.4) is 0 Å². The Hall–Kier alpha value is -1.79. The molecular weight excluding hydrogens is 218 g/mol. The van der Waals surface area contributed by atoms with Gasteiger partial charge in [0.2, 0.25) is 0 Å². The highest BCUT2D eigenvalue weighted by molar-refractivity contribution is 5.89. The number of halogens is 4. The van der Waals surface area contributed by atoms with Crippen molar-refractivity contribution in [3.63, 3.8) is 0 Å². The van der Waals surface area contributed by atoms with Crippen molar-refractivity contribution in [2.45, 2.75) is 0 Å². The third-order valence-corrected chi connectivity index (χ3v) is 1.73. The Balaban J connectivity index is 3.66. The summed E-state index contributed by atoms with van der Waals surface area (Å²) in [6.45, 7) is 0. The van der Waals surface area contributed by atoms with E-state index in [9.17, 15) is 22.4 Å². The Kier molecular flexibility index (Phi) is 2.83. The van der Waals surface area contributed by atoms with Crippen LogP contribution < -0.4 is 5.32 Å². The van der Waals surface area contributed by atoms with Crippen LogP contribution in [-0.4, -0.2) is 18.1 Å². The monoisotopic (exact) mass is 223 g/mol. The zero-order valence-electron chi connectivity index (χ0n) is 7.37. The molecule has 0 saturated carbocycles. The van der Waals surface area contributed by atoms with E-state index in [1.165, 1.54) is 0 Å². The molecule has 0 radical (unpaired) electrons. The first kappa shape index (κ1) is 11.3. The summed E-state index contributed by atoms with van der Waals surface area (Å²) in [7, 11) is 1.04. The molecule has 0 aliphatic carbocycles. The van der Waals surface area contributed by atoms with Crippen molar-refractivity contribution in [3.05, 3.63) is 28.8 Å². The van der Waals surface area contributed by atoms with Gasteiger partial charge >= 0.3 is 5.97 Å². The number of carbonyl (C=O) groups is 1. The molecule has 0 fully saturated rings. The lowest BCUT2D eigenvalue weighted by molar-refractivity contribution is 0.0683. The fourth-order valence-corrected chi connectivity index (χ4v) is 1.04. The third kappa shape index (κ3) is 1.60. The minimum atomic E-state index is -2.08. The van der Waals surface area contributed by atoms with Gasteiger partial charge in [-0.3, -0.25) is 0 Å². The zero-order chi connectivity index (χ0) is 11.7. The van der Waals surface area contributed by atoms with E-state index in [4.69, 9.17) is 5.11 Å². The molecule has 0 bridgehead atoms. The molecule has 1 rings (SSSR count). The van der Waals surface area contributed by atoms with Gasteiger partial charge in [-0.15, -0.1) is 0 Å². The van der Waals surface area contributed by atoms with Crippen molar-refractivity contribution < 1.29 is 27.5 Å². The van der Waals surface area contributed by atoms with Gasteiger partial charge in [-0.1, -0.05) is 0 Å². The van der Waals surface area contributed by atoms with Gasteiger partial charge in [0, 0.05) is 7.05 Å². The van der Waals surface area contributed by atoms with Gasteiger partial charge in [0.1, 0.15) is 11.3 Å². The first-order valence-electron chi connectivity index (χ1n) is 3.68. The molecule has 15 heavy (non-hydrogen) atoms. The molecule has 0 saturated heterocycles. The molecule has 0 amide bonds. The Morgan fingerprint density at radius 2 is 1.47 bits per heavy atom. The molecule has 0 unspecified atom stereocenters. The normalized spacial score (nSPS) is 10.2. The van der Waals surface area contributed by atoms with Gasteiger partial charge in [-0.2, -0.15) is 0 Å². The fraction of sp³-hybridized carbons (Fsp3) is 0.125. The predicted octanol–water partition coefficient (Wildman–Crippen LogP) is 1.98. The van der Waals surface area contributed by atoms with Gasteiger partial charge < -0.3 is 10.4 Å². The van der Waals surface area contributed by atoms with Crippen LogP contribution in [0.1, 0.15) is 10.4 Å². The number of carboxylic acid groups (broad SMARTS) is 1. The average Bonchev–Trinajstić information content (AvgIpc) is 2.16. The van der Waals surface area contributed by atoms with Crippen LogP contribution in [0.5, 0.6) is 0 Å². The zero-order valence-corrected chi connectivity index (χ0v) is 7.37. The van der Waals surface area contributed by atoms with E-state index < -0.39 is 40.5 Å². The van der Waals surface area contributed by atoms with Crippen molar-refractivity contribution in [1.82, 2.24) is 0 Å². The summed E-state index contributed by atoms with van der Waals surface area (Å²) in [6, 6.07) is 0. The van der Waals surface area contributed by atoms with E-state index in [1.807, 2.05) is 5.32 Å². The number of hydrogen-bond acceptors (Lipinski definition) is 2.